The molecule has 0 aromatic carbocycles. The van der Waals surface area contributed by atoms with Crippen molar-refractivity contribution >= 4 is 17.1 Å². The van der Waals surface area contributed by atoms with Gasteiger partial charge in [-0.1, -0.05) is 27.7 Å². The van der Waals surface area contributed by atoms with E-state index in [1.807, 2.05) is 36.9 Å². The van der Waals surface area contributed by atoms with Crippen molar-refractivity contribution in [3.63, 3.8) is 0 Å². The molecule has 0 amide bonds. The van der Waals surface area contributed by atoms with E-state index in [4.69, 9.17) is 0 Å². The van der Waals surface area contributed by atoms with Gasteiger partial charge in [-0.15, -0.1) is 11.3 Å². The molecule has 2 aromatic rings. The Kier molecular flexibility index (Phi) is 4.20. The molecule has 19 heavy (non-hydrogen) atoms. The predicted octanol–water partition coefficient (Wildman–Crippen LogP) is 3.96. The van der Waals surface area contributed by atoms with Crippen molar-refractivity contribution in [3.05, 3.63) is 40.1 Å². The number of carbonyl (C=O) groups is 1. The van der Waals surface area contributed by atoms with Crippen molar-refractivity contribution in [2.45, 2.75) is 40.2 Å². The first-order valence-corrected chi connectivity index (χ1v) is 7.49. The standard InChI is InChI=1S/C15H20N2OS/c1-10(2)14(18)12-5-6-17(7-12)8-13-9-19-15(16-13)11(3)4/h5-7,9-11H,8H2,1-4H3. The molecule has 3 nitrogen and oxygen atoms in total. The minimum absolute atomic E-state index is 0.0441. The highest BCUT2D eigenvalue weighted by Crippen LogP contribution is 2.20. The number of nitrogens with zero attached hydrogens (tertiary/aromatic N) is 2. The Bertz CT molecular complexity index is 566. The van der Waals surface area contributed by atoms with Crippen molar-refractivity contribution in [3.8, 4) is 0 Å². The zero-order valence-corrected chi connectivity index (χ0v) is 12.7. The fourth-order valence-electron chi connectivity index (χ4n) is 1.87. The Morgan fingerprint density at radius 3 is 2.68 bits per heavy atom. The summed E-state index contributed by atoms with van der Waals surface area (Å²) in [4.78, 5) is 16.5. The summed E-state index contributed by atoms with van der Waals surface area (Å²) in [6.07, 6.45) is 3.86. The van der Waals surface area contributed by atoms with Gasteiger partial charge in [0.15, 0.2) is 5.78 Å². The highest BCUT2D eigenvalue weighted by Gasteiger charge is 2.12. The van der Waals surface area contributed by atoms with Gasteiger partial charge in [-0.05, 0) is 6.07 Å². The van der Waals surface area contributed by atoms with Crippen LogP contribution in [0.15, 0.2) is 23.8 Å². The summed E-state index contributed by atoms with van der Waals surface area (Å²) in [6.45, 7) is 8.88. The van der Waals surface area contributed by atoms with E-state index in [9.17, 15) is 4.79 Å². The molecule has 102 valence electrons. The number of Topliss-reactive ketones (excluding diaryl/α,β-unsaturated/α-hetero) is 1. The number of carbonyl (C=O) groups excluding carboxylic acids is 1. The largest absolute Gasteiger partial charge is 0.348 e. The number of thiazole rings is 1. The lowest BCUT2D eigenvalue weighted by atomic mass is 10.0. The monoisotopic (exact) mass is 276 g/mol. The number of aromatic nitrogens is 2. The van der Waals surface area contributed by atoms with Crippen LogP contribution in [0.25, 0.3) is 0 Å². The second kappa shape index (κ2) is 5.70. The minimum atomic E-state index is 0.0441. The molecule has 0 fully saturated rings. The van der Waals surface area contributed by atoms with Crippen molar-refractivity contribution < 1.29 is 4.79 Å². The Labute approximate surface area is 118 Å². The second-order valence-corrected chi connectivity index (χ2v) is 6.31. The number of hydrogen-bond acceptors (Lipinski definition) is 3. The van der Waals surface area contributed by atoms with Crippen LogP contribution >= 0.6 is 11.3 Å². The molecule has 2 aromatic heterocycles. The van der Waals surface area contributed by atoms with Crippen LogP contribution < -0.4 is 0 Å². The van der Waals surface area contributed by atoms with E-state index in [-0.39, 0.29) is 11.7 Å². The molecule has 0 saturated carbocycles. The van der Waals surface area contributed by atoms with Gasteiger partial charge in [0, 0.05) is 35.2 Å². The van der Waals surface area contributed by atoms with Gasteiger partial charge in [-0.3, -0.25) is 4.79 Å². The third-order valence-electron chi connectivity index (χ3n) is 2.97. The summed E-state index contributed by atoms with van der Waals surface area (Å²) in [5.74, 6) is 0.712. The molecular formula is C15H20N2OS. The summed E-state index contributed by atoms with van der Waals surface area (Å²) in [5.41, 5.74) is 1.85. The van der Waals surface area contributed by atoms with Crippen LogP contribution in [-0.2, 0) is 6.54 Å². The molecule has 2 rings (SSSR count). The smallest absolute Gasteiger partial charge is 0.166 e. The second-order valence-electron chi connectivity index (χ2n) is 5.42. The predicted molar refractivity (Wildman–Crippen MR) is 78.9 cm³/mol. The Morgan fingerprint density at radius 1 is 1.37 bits per heavy atom. The van der Waals surface area contributed by atoms with Crippen LogP contribution in [0.2, 0.25) is 0 Å². The summed E-state index contributed by atoms with van der Waals surface area (Å²) in [5, 5.41) is 3.26. The third-order valence-corrected chi connectivity index (χ3v) is 4.16. The quantitative estimate of drug-likeness (QED) is 0.775. The molecule has 0 N–H and O–H groups in total. The molecule has 2 heterocycles. The van der Waals surface area contributed by atoms with Gasteiger partial charge in [0.25, 0.3) is 0 Å². The fraction of sp³-hybridized carbons (Fsp3) is 0.467. The molecule has 0 unspecified atom stereocenters. The molecule has 0 bridgehead atoms. The zero-order chi connectivity index (χ0) is 14.0. The first-order chi connectivity index (χ1) is 8.97. The van der Waals surface area contributed by atoms with Crippen molar-refractivity contribution in [1.82, 2.24) is 9.55 Å². The highest BCUT2D eigenvalue weighted by molar-refractivity contribution is 7.09. The van der Waals surface area contributed by atoms with Gasteiger partial charge in [0.1, 0.15) is 0 Å². The molecule has 0 aliphatic rings. The molecule has 4 heteroatoms. The lowest BCUT2D eigenvalue weighted by Gasteiger charge is -2.01. The first kappa shape index (κ1) is 14.0. The first-order valence-electron chi connectivity index (χ1n) is 6.61. The molecule has 0 spiro atoms. The topological polar surface area (TPSA) is 34.9 Å². The maximum Gasteiger partial charge on any atom is 0.166 e. The normalized spacial score (nSPS) is 11.5. The number of hydrogen-bond donors (Lipinski definition) is 0. The minimum Gasteiger partial charge on any atom is -0.348 e. The van der Waals surface area contributed by atoms with Crippen molar-refractivity contribution in [2.24, 2.45) is 5.92 Å². The van der Waals surface area contributed by atoms with E-state index in [2.05, 4.69) is 24.2 Å². The van der Waals surface area contributed by atoms with Crippen LogP contribution in [0.1, 0.15) is 54.7 Å². The van der Waals surface area contributed by atoms with E-state index in [0.717, 1.165) is 17.8 Å². The zero-order valence-electron chi connectivity index (χ0n) is 11.9. The Morgan fingerprint density at radius 2 is 2.11 bits per heavy atom. The van der Waals surface area contributed by atoms with E-state index in [1.165, 1.54) is 5.01 Å². The maximum atomic E-state index is 11.9. The van der Waals surface area contributed by atoms with Gasteiger partial charge in [0.2, 0.25) is 0 Å². The Hall–Kier alpha value is -1.42. The molecule has 0 saturated heterocycles. The maximum absolute atomic E-state index is 11.9. The average molecular weight is 276 g/mol. The van der Waals surface area contributed by atoms with Crippen LogP contribution in [0, 0.1) is 5.92 Å². The molecule has 0 aliphatic carbocycles. The molecule has 0 radical (unpaired) electrons. The SMILES string of the molecule is CC(C)C(=O)c1ccn(Cc2csc(C(C)C)n2)c1. The van der Waals surface area contributed by atoms with Crippen molar-refractivity contribution in [2.75, 3.05) is 0 Å². The van der Waals surface area contributed by atoms with Crippen LogP contribution in [-0.4, -0.2) is 15.3 Å². The summed E-state index contributed by atoms with van der Waals surface area (Å²) in [7, 11) is 0. The number of ketones is 1. The van der Waals surface area contributed by atoms with Crippen LogP contribution in [0.5, 0.6) is 0 Å². The average Bonchev–Trinajstić information content (AvgIpc) is 2.97. The summed E-state index contributed by atoms with van der Waals surface area (Å²) < 4.78 is 2.02. The Balaban J connectivity index is 2.09. The van der Waals surface area contributed by atoms with E-state index in [1.54, 1.807) is 11.3 Å². The van der Waals surface area contributed by atoms with Gasteiger partial charge in [-0.25, -0.2) is 4.98 Å². The third kappa shape index (κ3) is 3.32. The lowest BCUT2D eigenvalue weighted by Crippen LogP contribution is -2.06. The van der Waals surface area contributed by atoms with Gasteiger partial charge >= 0.3 is 0 Å². The van der Waals surface area contributed by atoms with Crippen LogP contribution in [0.3, 0.4) is 0 Å². The van der Waals surface area contributed by atoms with Crippen LogP contribution in [0.4, 0.5) is 0 Å². The van der Waals surface area contributed by atoms with Crippen molar-refractivity contribution in [1.29, 1.82) is 0 Å². The van der Waals surface area contributed by atoms with Gasteiger partial charge < -0.3 is 4.57 Å². The number of rotatable bonds is 5. The molecular weight excluding hydrogens is 256 g/mol. The van der Waals surface area contributed by atoms with E-state index < -0.39 is 0 Å². The van der Waals surface area contributed by atoms with E-state index >= 15 is 0 Å². The lowest BCUT2D eigenvalue weighted by molar-refractivity contribution is 0.0939. The van der Waals surface area contributed by atoms with Gasteiger partial charge in [-0.2, -0.15) is 0 Å². The summed E-state index contributed by atoms with van der Waals surface area (Å²) >= 11 is 1.70. The highest BCUT2D eigenvalue weighted by atomic mass is 32.1. The fourth-order valence-corrected chi connectivity index (χ4v) is 2.69. The molecule has 0 aliphatic heterocycles. The summed E-state index contributed by atoms with van der Waals surface area (Å²) in [6, 6.07) is 1.89. The van der Waals surface area contributed by atoms with E-state index in [0.29, 0.717) is 5.92 Å². The van der Waals surface area contributed by atoms with Gasteiger partial charge in [0.05, 0.1) is 17.2 Å². The molecule has 0 atom stereocenters.